The second-order valence-corrected chi connectivity index (χ2v) is 12.1. The third-order valence-corrected chi connectivity index (χ3v) is 7.71. The molecule has 1 aliphatic heterocycles. The molecule has 0 bridgehead atoms. The number of benzene rings is 1. The van der Waals surface area contributed by atoms with E-state index in [1.54, 1.807) is 0 Å². The lowest BCUT2D eigenvalue weighted by atomic mass is 10.1. The molecule has 1 heterocycles. The molecule has 0 aliphatic carbocycles. The molecule has 0 N–H and O–H groups in total. The summed E-state index contributed by atoms with van der Waals surface area (Å²) in [5.74, 6) is 1.91. The van der Waals surface area contributed by atoms with Crippen LogP contribution in [0.1, 0.15) is 127 Å². The molecule has 0 radical (unpaired) electrons. The molecule has 1 saturated heterocycles. The molecule has 1 atom stereocenters. The molecule has 1 unspecified atom stereocenters. The average Bonchev–Trinajstić information content (AvgIpc) is 2.98. The SMILES string of the molecule is CCCCC/C=C\C/C=C\CCCCCCCCOc1cc(CN(C)C)cc(OCCCCOC2CCCCO2)c1C. The summed E-state index contributed by atoms with van der Waals surface area (Å²) in [6, 6.07) is 4.37. The Balaban J connectivity index is 1.59. The van der Waals surface area contributed by atoms with Crippen LogP contribution < -0.4 is 9.47 Å². The number of nitrogens with zero attached hydrogens (tertiary/aromatic N) is 1. The van der Waals surface area contributed by atoms with Crippen LogP contribution in [-0.2, 0) is 16.0 Å². The molecule has 5 nitrogen and oxygen atoms in total. The number of rotatable bonds is 25. The molecule has 1 aliphatic rings. The molecule has 0 aromatic heterocycles. The van der Waals surface area contributed by atoms with Crippen LogP contribution in [0.25, 0.3) is 0 Å². The van der Waals surface area contributed by atoms with Crippen molar-refractivity contribution < 1.29 is 18.9 Å². The first-order valence-corrected chi connectivity index (χ1v) is 17.2. The first kappa shape index (κ1) is 36.4. The topological polar surface area (TPSA) is 40.2 Å². The number of hydrogen-bond donors (Lipinski definition) is 0. The van der Waals surface area contributed by atoms with Crippen LogP contribution in [-0.4, -0.2) is 51.7 Å². The van der Waals surface area contributed by atoms with Crippen molar-refractivity contribution in [2.24, 2.45) is 0 Å². The van der Waals surface area contributed by atoms with Gasteiger partial charge in [-0.2, -0.15) is 0 Å². The highest BCUT2D eigenvalue weighted by Gasteiger charge is 2.14. The quantitative estimate of drug-likeness (QED) is 0.0843. The van der Waals surface area contributed by atoms with Gasteiger partial charge in [0.1, 0.15) is 11.5 Å². The van der Waals surface area contributed by atoms with E-state index < -0.39 is 0 Å². The molecule has 5 heteroatoms. The van der Waals surface area contributed by atoms with E-state index in [4.69, 9.17) is 18.9 Å². The summed E-state index contributed by atoms with van der Waals surface area (Å²) in [7, 11) is 4.20. The Morgan fingerprint density at radius 1 is 0.762 bits per heavy atom. The molecule has 42 heavy (non-hydrogen) atoms. The largest absolute Gasteiger partial charge is 0.493 e. The van der Waals surface area contributed by atoms with E-state index in [0.717, 1.165) is 82.0 Å². The van der Waals surface area contributed by atoms with Gasteiger partial charge >= 0.3 is 0 Å². The molecule has 1 aromatic carbocycles. The zero-order chi connectivity index (χ0) is 30.1. The smallest absolute Gasteiger partial charge is 0.157 e. The van der Waals surface area contributed by atoms with Crippen molar-refractivity contribution in [3.63, 3.8) is 0 Å². The van der Waals surface area contributed by atoms with E-state index in [9.17, 15) is 0 Å². The summed E-state index contributed by atoms with van der Waals surface area (Å²) in [6.07, 6.45) is 29.7. The minimum atomic E-state index is -0.00540. The minimum absolute atomic E-state index is 0.00540. The second-order valence-electron chi connectivity index (χ2n) is 12.1. The van der Waals surface area contributed by atoms with Crippen molar-refractivity contribution in [1.82, 2.24) is 4.90 Å². The molecular weight excluding hydrogens is 522 g/mol. The second kappa shape index (κ2) is 24.6. The van der Waals surface area contributed by atoms with E-state index in [1.807, 2.05) is 0 Å². The van der Waals surface area contributed by atoms with Crippen LogP contribution in [0.4, 0.5) is 0 Å². The van der Waals surface area contributed by atoms with Gasteiger partial charge in [0, 0.05) is 25.3 Å². The van der Waals surface area contributed by atoms with Crippen molar-refractivity contribution in [3.8, 4) is 11.5 Å². The van der Waals surface area contributed by atoms with Crippen molar-refractivity contribution >= 4 is 0 Å². The van der Waals surface area contributed by atoms with Gasteiger partial charge in [0.15, 0.2) is 6.29 Å². The maximum atomic E-state index is 6.28. The first-order chi connectivity index (χ1) is 20.6. The molecule has 1 aromatic rings. The summed E-state index contributed by atoms with van der Waals surface area (Å²) >= 11 is 0. The number of allylic oxidation sites excluding steroid dienone is 4. The molecule has 0 amide bonds. The summed E-state index contributed by atoms with van der Waals surface area (Å²) in [4.78, 5) is 2.19. The molecule has 2 rings (SSSR count). The predicted octanol–water partition coefficient (Wildman–Crippen LogP) is 9.95. The van der Waals surface area contributed by atoms with Crippen LogP contribution in [0.15, 0.2) is 36.4 Å². The monoisotopic (exact) mass is 585 g/mol. The van der Waals surface area contributed by atoms with Crippen LogP contribution in [0.3, 0.4) is 0 Å². The van der Waals surface area contributed by atoms with Crippen LogP contribution in [0.5, 0.6) is 11.5 Å². The Bertz CT molecular complexity index is 844. The van der Waals surface area contributed by atoms with E-state index in [-0.39, 0.29) is 6.29 Å². The highest BCUT2D eigenvalue weighted by Crippen LogP contribution is 2.31. The molecule has 240 valence electrons. The third kappa shape index (κ3) is 18.0. The van der Waals surface area contributed by atoms with Crippen LogP contribution in [0, 0.1) is 6.92 Å². The lowest BCUT2D eigenvalue weighted by Gasteiger charge is -2.22. The summed E-state index contributed by atoms with van der Waals surface area (Å²) in [5.41, 5.74) is 2.33. The van der Waals surface area contributed by atoms with Gasteiger partial charge in [-0.15, -0.1) is 0 Å². The normalized spacial score (nSPS) is 15.8. The highest BCUT2D eigenvalue weighted by atomic mass is 16.7. The number of ether oxygens (including phenoxy) is 4. The van der Waals surface area contributed by atoms with Crippen molar-refractivity contribution in [1.29, 1.82) is 0 Å². The van der Waals surface area contributed by atoms with Gasteiger partial charge in [-0.1, -0.05) is 69.8 Å². The minimum Gasteiger partial charge on any atom is -0.493 e. The maximum absolute atomic E-state index is 6.28. The Morgan fingerprint density at radius 3 is 1.98 bits per heavy atom. The molecule has 1 fully saturated rings. The van der Waals surface area contributed by atoms with Gasteiger partial charge in [0.25, 0.3) is 0 Å². The lowest BCUT2D eigenvalue weighted by molar-refractivity contribution is -0.162. The number of unbranched alkanes of at least 4 members (excludes halogenated alkanes) is 10. The fraction of sp³-hybridized carbons (Fsp3) is 0.730. The Kier molecular flexibility index (Phi) is 21.3. The van der Waals surface area contributed by atoms with Gasteiger partial charge in [0.2, 0.25) is 0 Å². The summed E-state index contributed by atoms with van der Waals surface area (Å²) < 4.78 is 24.0. The van der Waals surface area contributed by atoms with E-state index in [2.05, 4.69) is 69.3 Å². The fourth-order valence-electron chi connectivity index (χ4n) is 5.19. The molecular formula is C37H63NO4. The molecule has 0 saturated carbocycles. The van der Waals surface area contributed by atoms with Crippen molar-refractivity contribution in [2.45, 2.75) is 136 Å². The van der Waals surface area contributed by atoms with E-state index >= 15 is 0 Å². The fourth-order valence-corrected chi connectivity index (χ4v) is 5.19. The van der Waals surface area contributed by atoms with Crippen LogP contribution >= 0.6 is 0 Å². The summed E-state index contributed by atoms with van der Waals surface area (Å²) in [5, 5.41) is 0. The van der Waals surface area contributed by atoms with Crippen molar-refractivity contribution in [2.75, 3.05) is 40.5 Å². The average molecular weight is 586 g/mol. The van der Waals surface area contributed by atoms with Crippen molar-refractivity contribution in [3.05, 3.63) is 47.6 Å². The standard InChI is InChI=1S/C37H63NO4/c1-5-6-7-8-9-10-11-12-13-14-15-16-17-18-19-21-26-39-35-30-34(32-38(3)4)31-36(33(35)2)40-27-23-24-29-42-37-25-20-22-28-41-37/h9-10,12-13,30-31,37H,5-8,11,14-29,32H2,1-4H3/b10-9-,13-12-. The van der Waals surface area contributed by atoms with Gasteiger partial charge in [-0.05, 0) is 109 Å². The van der Waals surface area contributed by atoms with Gasteiger partial charge in [0.05, 0.1) is 13.2 Å². The predicted molar refractivity (Wildman–Crippen MR) is 178 cm³/mol. The Hall–Kier alpha value is -1.82. The Labute approximate surface area is 259 Å². The lowest BCUT2D eigenvalue weighted by Crippen LogP contribution is -2.22. The van der Waals surface area contributed by atoms with Gasteiger partial charge in [-0.3, -0.25) is 0 Å². The Morgan fingerprint density at radius 2 is 1.36 bits per heavy atom. The van der Waals surface area contributed by atoms with E-state index in [1.165, 1.54) is 76.2 Å². The van der Waals surface area contributed by atoms with Gasteiger partial charge < -0.3 is 23.8 Å². The zero-order valence-corrected chi connectivity index (χ0v) is 27.7. The number of hydrogen-bond acceptors (Lipinski definition) is 5. The summed E-state index contributed by atoms with van der Waals surface area (Å²) in [6.45, 7) is 8.26. The third-order valence-electron chi connectivity index (χ3n) is 7.71. The van der Waals surface area contributed by atoms with Gasteiger partial charge in [-0.25, -0.2) is 0 Å². The highest BCUT2D eigenvalue weighted by molar-refractivity contribution is 5.47. The molecule has 0 spiro atoms. The maximum Gasteiger partial charge on any atom is 0.157 e. The van der Waals surface area contributed by atoms with E-state index in [0.29, 0.717) is 6.61 Å². The first-order valence-electron chi connectivity index (χ1n) is 17.2. The van der Waals surface area contributed by atoms with Crippen LogP contribution in [0.2, 0.25) is 0 Å². The zero-order valence-electron chi connectivity index (χ0n) is 27.7.